The maximum Gasteiger partial charge on any atom is 0.0480 e. The summed E-state index contributed by atoms with van der Waals surface area (Å²) < 4.78 is 5.31. The third-order valence-corrected chi connectivity index (χ3v) is 2.98. The van der Waals surface area contributed by atoms with E-state index in [1.165, 1.54) is 5.56 Å². The molecule has 3 heteroatoms. The molecule has 0 spiro atoms. The molecule has 15 heavy (non-hydrogen) atoms. The van der Waals surface area contributed by atoms with Crippen LogP contribution in [0.15, 0.2) is 24.3 Å². The lowest BCUT2D eigenvalue weighted by Crippen LogP contribution is -2.34. The van der Waals surface area contributed by atoms with Crippen LogP contribution in [0.25, 0.3) is 0 Å². The summed E-state index contributed by atoms with van der Waals surface area (Å²) in [5.74, 6) is 0. The van der Waals surface area contributed by atoms with Gasteiger partial charge >= 0.3 is 0 Å². The minimum absolute atomic E-state index is 0.606. The molecular formula is C12H16ClNO. The van der Waals surface area contributed by atoms with Crippen LogP contribution in [0.3, 0.4) is 0 Å². The number of ether oxygens (including phenoxy) is 1. The van der Waals surface area contributed by atoms with E-state index in [9.17, 15) is 0 Å². The van der Waals surface area contributed by atoms with Crippen molar-refractivity contribution >= 4 is 11.6 Å². The van der Waals surface area contributed by atoms with Crippen LogP contribution in [0.4, 0.5) is 0 Å². The molecular weight excluding hydrogens is 210 g/mol. The summed E-state index contributed by atoms with van der Waals surface area (Å²) in [7, 11) is 0. The Hall–Kier alpha value is -0.570. The summed E-state index contributed by atoms with van der Waals surface area (Å²) in [6.07, 6.45) is 2.24. The first-order valence-corrected chi connectivity index (χ1v) is 5.78. The van der Waals surface area contributed by atoms with Crippen LogP contribution in [-0.2, 0) is 11.3 Å². The summed E-state index contributed by atoms with van der Waals surface area (Å²) in [6, 6.07) is 8.60. The van der Waals surface area contributed by atoms with Gasteiger partial charge < -0.3 is 10.1 Å². The summed E-state index contributed by atoms with van der Waals surface area (Å²) in [4.78, 5) is 0. The molecule has 1 aromatic rings. The van der Waals surface area contributed by atoms with Crippen molar-refractivity contribution in [1.29, 1.82) is 0 Å². The van der Waals surface area contributed by atoms with Crippen molar-refractivity contribution in [2.75, 3.05) is 13.2 Å². The van der Waals surface area contributed by atoms with Crippen molar-refractivity contribution in [2.45, 2.75) is 25.4 Å². The Morgan fingerprint density at radius 2 is 1.87 bits per heavy atom. The molecule has 0 aromatic heterocycles. The van der Waals surface area contributed by atoms with Crippen LogP contribution in [0.1, 0.15) is 18.4 Å². The summed E-state index contributed by atoms with van der Waals surface area (Å²) in [6.45, 7) is 2.69. The summed E-state index contributed by atoms with van der Waals surface area (Å²) >= 11 is 5.82. The van der Waals surface area contributed by atoms with Gasteiger partial charge in [-0.15, -0.1) is 0 Å². The van der Waals surface area contributed by atoms with Gasteiger partial charge in [-0.3, -0.25) is 0 Å². The van der Waals surface area contributed by atoms with Gasteiger partial charge in [0.05, 0.1) is 0 Å². The fourth-order valence-corrected chi connectivity index (χ4v) is 1.89. The lowest BCUT2D eigenvalue weighted by molar-refractivity contribution is 0.0776. The lowest BCUT2D eigenvalue weighted by atomic mass is 10.1. The molecule has 2 nitrogen and oxygen atoms in total. The van der Waals surface area contributed by atoms with Crippen molar-refractivity contribution in [3.8, 4) is 0 Å². The smallest absolute Gasteiger partial charge is 0.0480 e. The van der Waals surface area contributed by atoms with Gasteiger partial charge in [0.25, 0.3) is 0 Å². The average Bonchev–Trinajstić information content (AvgIpc) is 2.30. The van der Waals surface area contributed by atoms with Gasteiger partial charge in [0.1, 0.15) is 0 Å². The molecule has 0 amide bonds. The van der Waals surface area contributed by atoms with E-state index in [2.05, 4.69) is 17.4 Å². The zero-order valence-electron chi connectivity index (χ0n) is 8.71. The molecule has 0 bridgehead atoms. The zero-order valence-corrected chi connectivity index (χ0v) is 9.46. The van der Waals surface area contributed by atoms with E-state index in [-0.39, 0.29) is 0 Å². The van der Waals surface area contributed by atoms with E-state index < -0.39 is 0 Å². The molecule has 1 saturated heterocycles. The first-order chi connectivity index (χ1) is 7.34. The van der Waals surface area contributed by atoms with Gasteiger partial charge in [-0.25, -0.2) is 0 Å². The first-order valence-electron chi connectivity index (χ1n) is 5.40. The third-order valence-electron chi connectivity index (χ3n) is 2.73. The third kappa shape index (κ3) is 3.49. The molecule has 1 heterocycles. The second kappa shape index (κ2) is 5.50. The molecule has 0 aliphatic carbocycles. The fourth-order valence-electron chi connectivity index (χ4n) is 1.77. The molecule has 1 aliphatic heterocycles. The molecule has 1 fully saturated rings. The molecule has 1 aliphatic rings. The van der Waals surface area contributed by atoms with Gasteiger partial charge in [-0.05, 0) is 30.5 Å². The van der Waals surface area contributed by atoms with Gasteiger partial charge in [0.2, 0.25) is 0 Å². The minimum Gasteiger partial charge on any atom is -0.381 e. The monoisotopic (exact) mass is 225 g/mol. The van der Waals surface area contributed by atoms with Gasteiger partial charge in [0, 0.05) is 30.8 Å². The predicted molar refractivity (Wildman–Crippen MR) is 62.1 cm³/mol. The van der Waals surface area contributed by atoms with Gasteiger partial charge in [-0.1, -0.05) is 23.7 Å². The number of nitrogens with one attached hydrogen (secondary N) is 1. The lowest BCUT2D eigenvalue weighted by Gasteiger charge is -2.23. The normalized spacial score (nSPS) is 17.9. The van der Waals surface area contributed by atoms with Crippen molar-refractivity contribution < 1.29 is 4.74 Å². The van der Waals surface area contributed by atoms with E-state index in [1.807, 2.05) is 12.1 Å². The molecule has 0 saturated carbocycles. The Balaban J connectivity index is 1.79. The van der Waals surface area contributed by atoms with Crippen molar-refractivity contribution in [3.63, 3.8) is 0 Å². The zero-order chi connectivity index (χ0) is 10.5. The highest BCUT2D eigenvalue weighted by Gasteiger charge is 2.12. The van der Waals surface area contributed by atoms with Crippen LogP contribution < -0.4 is 5.32 Å². The molecule has 0 radical (unpaired) electrons. The van der Waals surface area contributed by atoms with E-state index in [0.717, 1.165) is 37.6 Å². The van der Waals surface area contributed by atoms with E-state index in [0.29, 0.717) is 6.04 Å². The highest BCUT2D eigenvalue weighted by molar-refractivity contribution is 6.30. The van der Waals surface area contributed by atoms with Crippen LogP contribution >= 0.6 is 11.6 Å². The SMILES string of the molecule is Clc1ccc(CNC2CCOCC2)cc1. The van der Waals surface area contributed by atoms with E-state index in [1.54, 1.807) is 0 Å². The van der Waals surface area contributed by atoms with Gasteiger partial charge in [-0.2, -0.15) is 0 Å². The Labute approximate surface area is 95.6 Å². The minimum atomic E-state index is 0.606. The summed E-state index contributed by atoms with van der Waals surface area (Å²) in [5.41, 5.74) is 1.28. The molecule has 1 aromatic carbocycles. The number of hydrogen-bond acceptors (Lipinski definition) is 2. The number of benzene rings is 1. The van der Waals surface area contributed by atoms with Crippen molar-refractivity contribution in [2.24, 2.45) is 0 Å². The molecule has 2 rings (SSSR count). The second-order valence-electron chi connectivity index (χ2n) is 3.89. The van der Waals surface area contributed by atoms with Crippen LogP contribution in [0.5, 0.6) is 0 Å². The fraction of sp³-hybridized carbons (Fsp3) is 0.500. The number of halogens is 1. The molecule has 0 atom stereocenters. The Morgan fingerprint density at radius 3 is 2.53 bits per heavy atom. The van der Waals surface area contributed by atoms with Gasteiger partial charge in [0.15, 0.2) is 0 Å². The first kappa shape index (κ1) is 10.9. The van der Waals surface area contributed by atoms with E-state index in [4.69, 9.17) is 16.3 Å². The Morgan fingerprint density at radius 1 is 1.20 bits per heavy atom. The number of rotatable bonds is 3. The topological polar surface area (TPSA) is 21.3 Å². The maximum atomic E-state index is 5.82. The quantitative estimate of drug-likeness (QED) is 0.854. The molecule has 0 unspecified atom stereocenters. The molecule has 1 N–H and O–H groups in total. The molecule has 82 valence electrons. The highest BCUT2D eigenvalue weighted by Crippen LogP contribution is 2.11. The summed E-state index contributed by atoms with van der Waals surface area (Å²) in [5, 5.41) is 4.33. The van der Waals surface area contributed by atoms with Crippen molar-refractivity contribution in [3.05, 3.63) is 34.9 Å². The van der Waals surface area contributed by atoms with Crippen LogP contribution in [0.2, 0.25) is 5.02 Å². The second-order valence-corrected chi connectivity index (χ2v) is 4.33. The van der Waals surface area contributed by atoms with Crippen LogP contribution in [0, 0.1) is 0 Å². The van der Waals surface area contributed by atoms with E-state index >= 15 is 0 Å². The Kier molecular flexibility index (Phi) is 4.01. The standard InChI is InChI=1S/C12H16ClNO/c13-11-3-1-10(2-4-11)9-14-12-5-7-15-8-6-12/h1-4,12,14H,5-9H2. The number of hydrogen-bond donors (Lipinski definition) is 1. The van der Waals surface area contributed by atoms with Crippen LogP contribution in [-0.4, -0.2) is 19.3 Å². The average molecular weight is 226 g/mol. The maximum absolute atomic E-state index is 5.82. The highest BCUT2D eigenvalue weighted by atomic mass is 35.5. The van der Waals surface area contributed by atoms with Crippen molar-refractivity contribution in [1.82, 2.24) is 5.32 Å². The Bertz CT molecular complexity index is 293. The largest absolute Gasteiger partial charge is 0.381 e. The predicted octanol–water partition coefficient (Wildman–Crippen LogP) is 2.61.